The number of rotatable bonds is 5. The minimum absolute atomic E-state index is 0.0712. The Bertz CT molecular complexity index is 654. The molecule has 0 spiro atoms. The third-order valence-electron chi connectivity index (χ3n) is 3.43. The van der Waals surface area contributed by atoms with E-state index in [1.54, 1.807) is 11.8 Å². The monoisotopic (exact) mass is 349 g/mol. The fourth-order valence-electron chi connectivity index (χ4n) is 2.20. The first-order chi connectivity index (χ1) is 9.81. The Labute approximate surface area is 133 Å². The molecule has 1 atom stereocenters. The number of hydrogen-bond acceptors (Lipinski definition) is 4. The molecule has 8 heteroatoms. The van der Waals surface area contributed by atoms with Gasteiger partial charge < -0.3 is 5.11 Å². The summed E-state index contributed by atoms with van der Waals surface area (Å²) in [5.41, 5.74) is 0.0968. The van der Waals surface area contributed by atoms with Gasteiger partial charge in [0, 0.05) is 11.6 Å². The normalized spacial score (nSPS) is 18.9. The maximum Gasteiger partial charge on any atom is 0.336 e. The van der Waals surface area contributed by atoms with Crippen molar-refractivity contribution in [2.45, 2.75) is 18.2 Å². The number of thioether (sulfide) groups is 1. The lowest BCUT2D eigenvalue weighted by Gasteiger charge is -2.14. The van der Waals surface area contributed by atoms with Crippen LogP contribution in [0.25, 0.3) is 0 Å². The number of carboxylic acid groups (broad SMARTS) is 1. The standard InChI is InChI=1S/C13H16ClNO4S2/c1-8-11(13(16)17)4-10(14)5-12(8)21(18,19)15-6-9-2-3-20-7-9/h4-5,9,15H,2-3,6-7H2,1H3,(H,16,17). The molecule has 0 radical (unpaired) electrons. The molecule has 1 unspecified atom stereocenters. The van der Waals surface area contributed by atoms with E-state index in [2.05, 4.69) is 4.72 Å². The van der Waals surface area contributed by atoms with Crippen molar-refractivity contribution in [2.24, 2.45) is 5.92 Å². The minimum Gasteiger partial charge on any atom is -0.478 e. The molecule has 21 heavy (non-hydrogen) atoms. The summed E-state index contributed by atoms with van der Waals surface area (Å²) in [4.78, 5) is 11.1. The molecule has 1 aliphatic rings. The molecule has 1 aromatic carbocycles. The Hall–Kier alpha value is -0.760. The topological polar surface area (TPSA) is 83.5 Å². The second kappa shape index (κ2) is 6.56. The van der Waals surface area contributed by atoms with E-state index in [0.717, 1.165) is 17.9 Å². The Balaban J connectivity index is 2.28. The van der Waals surface area contributed by atoms with Crippen molar-refractivity contribution in [1.82, 2.24) is 4.72 Å². The van der Waals surface area contributed by atoms with Crippen molar-refractivity contribution in [3.63, 3.8) is 0 Å². The van der Waals surface area contributed by atoms with Crippen LogP contribution in [0.3, 0.4) is 0 Å². The summed E-state index contributed by atoms with van der Waals surface area (Å²) in [5, 5.41) is 9.20. The van der Waals surface area contributed by atoms with E-state index in [9.17, 15) is 13.2 Å². The van der Waals surface area contributed by atoms with Gasteiger partial charge in [0.1, 0.15) is 0 Å². The zero-order chi connectivity index (χ0) is 15.6. The summed E-state index contributed by atoms with van der Waals surface area (Å²) in [6.07, 6.45) is 0.988. The molecule has 5 nitrogen and oxygen atoms in total. The first-order valence-corrected chi connectivity index (χ1v) is 9.43. The lowest BCUT2D eigenvalue weighted by Crippen LogP contribution is -2.30. The van der Waals surface area contributed by atoms with Gasteiger partial charge in [-0.05, 0) is 48.5 Å². The SMILES string of the molecule is Cc1c(C(=O)O)cc(Cl)cc1S(=O)(=O)NCC1CCSC1. The second-order valence-electron chi connectivity index (χ2n) is 4.96. The molecule has 0 saturated carbocycles. The van der Waals surface area contributed by atoms with Gasteiger partial charge in [-0.1, -0.05) is 11.6 Å². The van der Waals surface area contributed by atoms with Gasteiger partial charge in [-0.25, -0.2) is 17.9 Å². The fourth-order valence-corrected chi connectivity index (χ4v) is 5.18. The van der Waals surface area contributed by atoms with Crippen LogP contribution in [0.2, 0.25) is 5.02 Å². The number of hydrogen-bond donors (Lipinski definition) is 2. The average Bonchev–Trinajstić information content (AvgIpc) is 2.91. The Morgan fingerprint density at radius 3 is 2.81 bits per heavy atom. The molecule has 0 amide bonds. The summed E-state index contributed by atoms with van der Waals surface area (Å²) < 4.78 is 27.3. The molecular weight excluding hydrogens is 334 g/mol. The first kappa shape index (κ1) is 16.6. The van der Waals surface area contributed by atoms with Crippen molar-refractivity contribution in [2.75, 3.05) is 18.1 Å². The van der Waals surface area contributed by atoms with Crippen molar-refractivity contribution in [1.29, 1.82) is 0 Å². The van der Waals surface area contributed by atoms with Gasteiger partial charge in [-0.3, -0.25) is 0 Å². The van der Waals surface area contributed by atoms with Crippen LogP contribution >= 0.6 is 23.4 Å². The van der Waals surface area contributed by atoms with Crippen LogP contribution in [0.4, 0.5) is 0 Å². The molecule has 1 fully saturated rings. The van der Waals surface area contributed by atoms with Crippen molar-refractivity contribution < 1.29 is 18.3 Å². The molecule has 1 heterocycles. The van der Waals surface area contributed by atoms with E-state index < -0.39 is 16.0 Å². The van der Waals surface area contributed by atoms with E-state index in [1.165, 1.54) is 19.1 Å². The summed E-state index contributed by atoms with van der Waals surface area (Å²) in [7, 11) is -3.76. The number of halogens is 1. The number of aromatic carboxylic acids is 1. The van der Waals surface area contributed by atoms with Crippen LogP contribution in [-0.4, -0.2) is 37.5 Å². The molecule has 0 aliphatic carbocycles. The number of nitrogens with one attached hydrogen (secondary N) is 1. The Morgan fingerprint density at radius 2 is 2.24 bits per heavy atom. The van der Waals surface area contributed by atoms with Gasteiger partial charge in [0.25, 0.3) is 0 Å². The zero-order valence-electron chi connectivity index (χ0n) is 11.4. The maximum atomic E-state index is 12.4. The van der Waals surface area contributed by atoms with Gasteiger partial charge in [0.05, 0.1) is 10.5 Å². The van der Waals surface area contributed by atoms with Crippen molar-refractivity contribution in [3.05, 3.63) is 28.3 Å². The van der Waals surface area contributed by atoms with Crippen LogP contribution in [-0.2, 0) is 10.0 Å². The lowest BCUT2D eigenvalue weighted by molar-refractivity contribution is 0.0696. The van der Waals surface area contributed by atoms with Gasteiger partial charge in [-0.2, -0.15) is 11.8 Å². The van der Waals surface area contributed by atoms with Gasteiger partial charge in [-0.15, -0.1) is 0 Å². The molecule has 0 bridgehead atoms. The van der Waals surface area contributed by atoms with E-state index in [4.69, 9.17) is 16.7 Å². The molecule has 1 saturated heterocycles. The summed E-state index contributed by atoms with van der Waals surface area (Å²) in [6.45, 7) is 1.84. The summed E-state index contributed by atoms with van der Waals surface area (Å²) in [6, 6.07) is 2.54. The number of carboxylic acids is 1. The third kappa shape index (κ3) is 3.91. The third-order valence-corrected chi connectivity index (χ3v) is 6.43. The maximum absolute atomic E-state index is 12.4. The first-order valence-electron chi connectivity index (χ1n) is 6.42. The molecule has 2 rings (SSSR count). The smallest absolute Gasteiger partial charge is 0.336 e. The van der Waals surface area contributed by atoms with E-state index >= 15 is 0 Å². The number of benzene rings is 1. The van der Waals surface area contributed by atoms with Crippen LogP contribution < -0.4 is 4.72 Å². The summed E-state index contributed by atoms with van der Waals surface area (Å²) >= 11 is 7.65. The van der Waals surface area contributed by atoms with Gasteiger partial charge in [0.2, 0.25) is 10.0 Å². The highest BCUT2D eigenvalue weighted by molar-refractivity contribution is 7.99. The molecule has 0 aromatic heterocycles. The zero-order valence-corrected chi connectivity index (χ0v) is 13.8. The average molecular weight is 350 g/mol. The van der Waals surface area contributed by atoms with Crippen LogP contribution in [0, 0.1) is 12.8 Å². The highest BCUT2D eigenvalue weighted by atomic mass is 35.5. The number of sulfonamides is 1. The molecule has 116 valence electrons. The highest BCUT2D eigenvalue weighted by Gasteiger charge is 2.24. The van der Waals surface area contributed by atoms with E-state index in [-0.39, 0.29) is 21.0 Å². The van der Waals surface area contributed by atoms with E-state index in [1.807, 2.05) is 0 Å². The highest BCUT2D eigenvalue weighted by Crippen LogP contribution is 2.26. The second-order valence-corrected chi connectivity index (χ2v) is 8.28. The summed E-state index contributed by atoms with van der Waals surface area (Å²) in [5.74, 6) is 1.12. The Kier molecular flexibility index (Phi) is 5.19. The Morgan fingerprint density at radius 1 is 1.52 bits per heavy atom. The molecule has 1 aromatic rings. The molecule has 2 N–H and O–H groups in total. The fraction of sp³-hybridized carbons (Fsp3) is 0.462. The van der Waals surface area contributed by atoms with Crippen LogP contribution in [0.1, 0.15) is 22.3 Å². The lowest BCUT2D eigenvalue weighted by atomic mass is 10.1. The van der Waals surface area contributed by atoms with Crippen molar-refractivity contribution in [3.8, 4) is 0 Å². The number of carbonyl (C=O) groups is 1. The van der Waals surface area contributed by atoms with Gasteiger partial charge in [0.15, 0.2) is 0 Å². The van der Waals surface area contributed by atoms with Crippen LogP contribution in [0.5, 0.6) is 0 Å². The minimum atomic E-state index is -3.76. The van der Waals surface area contributed by atoms with Crippen LogP contribution in [0.15, 0.2) is 17.0 Å². The molecule has 1 aliphatic heterocycles. The quantitative estimate of drug-likeness (QED) is 0.852. The molecular formula is C13H16ClNO4S2. The predicted molar refractivity (Wildman–Crippen MR) is 83.8 cm³/mol. The van der Waals surface area contributed by atoms with Crippen molar-refractivity contribution >= 4 is 39.4 Å². The van der Waals surface area contributed by atoms with E-state index in [0.29, 0.717) is 12.5 Å². The predicted octanol–water partition coefficient (Wildman–Crippen LogP) is 2.38. The van der Waals surface area contributed by atoms with Gasteiger partial charge >= 0.3 is 5.97 Å². The largest absolute Gasteiger partial charge is 0.478 e.